The van der Waals surface area contributed by atoms with Crippen molar-refractivity contribution in [1.82, 2.24) is 0 Å². The molecule has 0 aliphatic carbocycles. The Labute approximate surface area is 160 Å². The molecule has 0 saturated heterocycles. The zero-order chi connectivity index (χ0) is 19.9. The van der Waals surface area contributed by atoms with Crippen LogP contribution < -0.4 is 0 Å². The molecule has 0 saturated carbocycles. The van der Waals surface area contributed by atoms with E-state index in [1.165, 1.54) is 24.8 Å². The average molecular weight is 386 g/mol. The number of benzene rings is 1. The molecule has 0 aliphatic heterocycles. The zero-order valence-electron chi connectivity index (χ0n) is 16.5. The second kappa shape index (κ2) is 13.9. The van der Waals surface area contributed by atoms with Gasteiger partial charge in [0.2, 0.25) is 10.4 Å². The second-order valence-corrected chi connectivity index (χ2v) is 8.10. The number of rotatable bonds is 12. The summed E-state index contributed by atoms with van der Waals surface area (Å²) < 4.78 is 35.0. The molecular weight excluding hydrogens is 350 g/mol. The third kappa shape index (κ3) is 16.3. The van der Waals surface area contributed by atoms with E-state index in [-0.39, 0.29) is 6.61 Å². The summed E-state index contributed by atoms with van der Waals surface area (Å²) in [5.74, 6) is 0. The fourth-order valence-electron chi connectivity index (χ4n) is 2.54. The monoisotopic (exact) mass is 385 g/mol. The molecule has 0 aliphatic rings. The van der Waals surface area contributed by atoms with Gasteiger partial charge in [0.15, 0.2) is 0 Å². The molecule has 0 radical (unpaired) electrons. The van der Waals surface area contributed by atoms with Crippen LogP contribution in [0, 0.1) is 0 Å². The van der Waals surface area contributed by atoms with Gasteiger partial charge in [0.1, 0.15) is 6.54 Å². The maximum atomic E-state index is 9.99. The zero-order valence-corrected chi connectivity index (χ0v) is 17.3. The molecule has 1 aromatic carbocycles. The third-order valence-electron chi connectivity index (χ3n) is 3.80. The van der Waals surface area contributed by atoms with E-state index in [0.717, 1.165) is 30.4 Å². The number of hydrogen-bond acceptors (Lipinski definition) is 4. The molecule has 1 rings (SSSR count). The first-order valence-electron chi connectivity index (χ1n) is 9.27. The fourth-order valence-corrected chi connectivity index (χ4v) is 2.86. The summed E-state index contributed by atoms with van der Waals surface area (Å²) in [4.78, 5) is 0. The maximum Gasteiger partial charge on any atom is 0.217 e. The van der Waals surface area contributed by atoms with Gasteiger partial charge in [-0.05, 0) is 12.5 Å². The van der Waals surface area contributed by atoms with Gasteiger partial charge in [-0.3, -0.25) is 4.18 Å². The molecule has 150 valence electrons. The lowest BCUT2D eigenvalue weighted by Gasteiger charge is -2.28. The lowest BCUT2D eigenvalue weighted by molar-refractivity contribution is -0.897. The molecule has 0 amide bonds. The van der Waals surface area contributed by atoms with Gasteiger partial charge in [-0.25, -0.2) is 8.42 Å². The van der Waals surface area contributed by atoms with E-state index < -0.39 is 10.4 Å². The number of unbranched alkanes of at least 4 members (excludes halogenated alkanes) is 5. The smallest absolute Gasteiger partial charge is 0.217 e. The van der Waals surface area contributed by atoms with Crippen LogP contribution in [-0.4, -0.2) is 44.7 Å². The van der Waals surface area contributed by atoms with Crippen molar-refractivity contribution in [2.45, 2.75) is 52.0 Å². The van der Waals surface area contributed by atoms with Gasteiger partial charge in [-0.15, -0.1) is 0 Å². The Balaban J connectivity index is 0.000000481. The van der Waals surface area contributed by atoms with Crippen LogP contribution >= 0.6 is 0 Å². The summed E-state index contributed by atoms with van der Waals surface area (Å²) >= 11 is 0. The molecule has 0 aromatic heterocycles. The summed E-state index contributed by atoms with van der Waals surface area (Å²) in [5, 5.41) is 0. The highest BCUT2D eigenvalue weighted by atomic mass is 32.3. The SMILES string of the molecule is C=CC[N+](C)(C)Cc1ccccc1.CCCCCCCCOS(=O)(=O)[O-]. The van der Waals surface area contributed by atoms with E-state index in [9.17, 15) is 13.0 Å². The van der Waals surface area contributed by atoms with Crippen LogP contribution in [-0.2, 0) is 21.1 Å². The molecule has 26 heavy (non-hydrogen) atoms. The molecule has 5 nitrogen and oxygen atoms in total. The molecule has 0 heterocycles. The topological polar surface area (TPSA) is 66.4 Å². The first kappa shape index (κ1) is 24.8. The van der Waals surface area contributed by atoms with Gasteiger partial charge < -0.3 is 9.04 Å². The van der Waals surface area contributed by atoms with E-state index >= 15 is 0 Å². The van der Waals surface area contributed by atoms with Gasteiger partial charge in [0.25, 0.3) is 0 Å². The minimum atomic E-state index is -4.47. The maximum absolute atomic E-state index is 9.99. The third-order valence-corrected chi connectivity index (χ3v) is 4.26. The van der Waals surface area contributed by atoms with E-state index in [2.05, 4.69) is 62.1 Å². The Morgan fingerprint density at radius 2 is 1.65 bits per heavy atom. The highest BCUT2D eigenvalue weighted by Crippen LogP contribution is 2.08. The summed E-state index contributed by atoms with van der Waals surface area (Å²) in [6.45, 7) is 8.00. The van der Waals surface area contributed by atoms with E-state index in [4.69, 9.17) is 0 Å². The van der Waals surface area contributed by atoms with Crippen molar-refractivity contribution in [2.24, 2.45) is 0 Å². The number of hydrogen-bond donors (Lipinski definition) is 0. The van der Waals surface area contributed by atoms with Crippen molar-refractivity contribution in [1.29, 1.82) is 0 Å². The van der Waals surface area contributed by atoms with Crippen LogP contribution in [0.15, 0.2) is 43.0 Å². The van der Waals surface area contributed by atoms with Gasteiger partial charge in [0, 0.05) is 5.56 Å². The quantitative estimate of drug-likeness (QED) is 0.177. The van der Waals surface area contributed by atoms with E-state index in [1.54, 1.807) is 0 Å². The van der Waals surface area contributed by atoms with E-state index in [1.807, 2.05) is 6.08 Å². The predicted molar refractivity (Wildman–Crippen MR) is 106 cm³/mol. The van der Waals surface area contributed by atoms with Crippen molar-refractivity contribution in [2.75, 3.05) is 27.2 Å². The number of quaternary nitrogens is 1. The summed E-state index contributed by atoms with van der Waals surface area (Å²) in [6.07, 6.45) is 8.19. The first-order chi connectivity index (χ1) is 12.2. The van der Waals surface area contributed by atoms with Crippen LogP contribution in [0.4, 0.5) is 0 Å². The van der Waals surface area contributed by atoms with Gasteiger partial charge in [0.05, 0.1) is 27.2 Å². The van der Waals surface area contributed by atoms with Crippen molar-refractivity contribution < 1.29 is 21.6 Å². The average Bonchev–Trinajstić information content (AvgIpc) is 2.54. The highest BCUT2D eigenvalue weighted by Gasteiger charge is 2.12. The molecule has 0 bridgehead atoms. The fraction of sp³-hybridized carbons (Fsp3) is 0.600. The largest absolute Gasteiger partial charge is 0.726 e. The van der Waals surface area contributed by atoms with Crippen LogP contribution in [0.2, 0.25) is 0 Å². The lowest BCUT2D eigenvalue weighted by atomic mass is 10.1. The van der Waals surface area contributed by atoms with Crippen molar-refractivity contribution in [3.8, 4) is 0 Å². The molecule has 0 spiro atoms. The Hall–Kier alpha value is -1.21. The second-order valence-electron chi connectivity index (χ2n) is 7.05. The standard InChI is InChI=1S/C12H18N.C8H18O4S/c1-4-10-13(2,3)11-12-8-6-5-7-9-12;1-2-3-4-5-6-7-8-12-13(9,10)11/h4-9H,1,10-11H2,2-3H3;2-8H2,1H3,(H,9,10,11)/q+1;/p-1. The van der Waals surface area contributed by atoms with Gasteiger partial charge in [-0.1, -0.05) is 75.9 Å². The van der Waals surface area contributed by atoms with Crippen molar-refractivity contribution in [3.63, 3.8) is 0 Å². The Bertz CT molecular complexity index is 571. The highest BCUT2D eigenvalue weighted by molar-refractivity contribution is 7.80. The number of likely N-dealkylation sites (N-methyl/N-ethyl adjacent to an activating group) is 1. The van der Waals surface area contributed by atoms with Crippen molar-refractivity contribution >= 4 is 10.4 Å². The molecule has 0 N–H and O–H groups in total. The lowest BCUT2D eigenvalue weighted by Crippen LogP contribution is -2.38. The van der Waals surface area contributed by atoms with Crippen LogP contribution in [0.25, 0.3) is 0 Å². The Morgan fingerprint density at radius 1 is 1.08 bits per heavy atom. The van der Waals surface area contributed by atoms with Gasteiger partial charge >= 0.3 is 0 Å². The molecule has 0 atom stereocenters. The van der Waals surface area contributed by atoms with Crippen molar-refractivity contribution in [3.05, 3.63) is 48.6 Å². The molecule has 0 fully saturated rings. The van der Waals surface area contributed by atoms with Gasteiger partial charge in [-0.2, -0.15) is 0 Å². The van der Waals surface area contributed by atoms with E-state index in [0.29, 0.717) is 6.42 Å². The Morgan fingerprint density at radius 3 is 2.19 bits per heavy atom. The Kier molecular flexibility index (Phi) is 13.3. The normalized spacial score (nSPS) is 11.5. The minimum Gasteiger partial charge on any atom is -0.726 e. The van der Waals surface area contributed by atoms with Crippen LogP contribution in [0.5, 0.6) is 0 Å². The molecule has 0 unspecified atom stereocenters. The first-order valence-corrected chi connectivity index (χ1v) is 10.6. The molecular formula is C20H35NO4S. The number of nitrogens with zero attached hydrogens (tertiary/aromatic N) is 1. The molecule has 6 heteroatoms. The minimum absolute atomic E-state index is 0.0258. The van der Waals surface area contributed by atoms with Crippen LogP contribution in [0.3, 0.4) is 0 Å². The molecule has 1 aromatic rings. The predicted octanol–water partition coefficient (Wildman–Crippen LogP) is 4.27. The summed E-state index contributed by atoms with van der Waals surface area (Å²) in [5.41, 5.74) is 1.38. The van der Waals surface area contributed by atoms with Crippen LogP contribution in [0.1, 0.15) is 51.0 Å². The summed E-state index contributed by atoms with van der Waals surface area (Å²) in [6, 6.07) is 10.6. The summed E-state index contributed by atoms with van der Waals surface area (Å²) in [7, 11) is -0.0376.